The van der Waals surface area contributed by atoms with Gasteiger partial charge in [0.25, 0.3) is 0 Å². The molecule has 0 bridgehead atoms. The third-order valence-corrected chi connectivity index (χ3v) is 3.72. The summed E-state index contributed by atoms with van der Waals surface area (Å²) in [6.07, 6.45) is 0. The van der Waals surface area contributed by atoms with Crippen LogP contribution in [0.15, 0.2) is 18.2 Å². The third-order valence-electron chi connectivity index (χ3n) is 3.72. The second-order valence-electron chi connectivity index (χ2n) is 4.82. The molecule has 0 aliphatic carbocycles. The molecule has 98 valence electrons. The van der Waals surface area contributed by atoms with Crippen molar-refractivity contribution in [2.24, 2.45) is 11.7 Å². The van der Waals surface area contributed by atoms with Crippen molar-refractivity contribution < 1.29 is 13.9 Å². The van der Waals surface area contributed by atoms with E-state index in [0.717, 1.165) is 0 Å². The number of nitrogens with two attached hydrogens (primary N) is 1. The molecule has 1 saturated heterocycles. The maximum Gasteiger partial charge on any atom is 0.222 e. The summed E-state index contributed by atoms with van der Waals surface area (Å²) in [5.41, 5.74) is 5.15. The van der Waals surface area contributed by atoms with E-state index in [0.29, 0.717) is 24.4 Å². The molecule has 1 aromatic carbocycles. The van der Waals surface area contributed by atoms with Crippen LogP contribution >= 0.6 is 0 Å². The minimum atomic E-state index is -0.678. The SMILES string of the molecule is COc1cccc(F)c1C1(C)CNCC1C(N)=O. The molecule has 0 aromatic heterocycles. The molecule has 18 heavy (non-hydrogen) atoms. The molecular weight excluding hydrogens is 235 g/mol. The van der Waals surface area contributed by atoms with Gasteiger partial charge in [0.1, 0.15) is 11.6 Å². The zero-order valence-corrected chi connectivity index (χ0v) is 10.5. The van der Waals surface area contributed by atoms with Gasteiger partial charge in [0, 0.05) is 24.1 Å². The van der Waals surface area contributed by atoms with E-state index in [1.165, 1.54) is 13.2 Å². The predicted molar refractivity (Wildman–Crippen MR) is 65.9 cm³/mol. The molecule has 1 aliphatic heterocycles. The molecule has 2 unspecified atom stereocenters. The standard InChI is InChI=1S/C13H17FN2O2/c1-13(7-16-6-8(13)12(15)17)11-9(14)4-3-5-10(11)18-2/h3-5,8,16H,6-7H2,1-2H3,(H2,15,17). The predicted octanol–water partition coefficient (Wildman–Crippen LogP) is 0.797. The summed E-state index contributed by atoms with van der Waals surface area (Å²) >= 11 is 0. The van der Waals surface area contributed by atoms with Crippen molar-refractivity contribution in [1.82, 2.24) is 5.32 Å². The molecular formula is C13H17FN2O2. The number of halogens is 1. The first-order chi connectivity index (χ1) is 8.50. The van der Waals surface area contributed by atoms with Crippen molar-refractivity contribution in [3.05, 3.63) is 29.6 Å². The van der Waals surface area contributed by atoms with E-state index in [2.05, 4.69) is 5.32 Å². The van der Waals surface area contributed by atoms with Gasteiger partial charge in [-0.25, -0.2) is 4.39 Å². The van der Waals surface area contributed by atoms with E-state index in [1.807, 2.05) is 6.92 Å². The van der Waals surface area contributed by atoms with Crippen LogP contribution < -0.4 is 15.8 Å². The van der Waals surface area contributed by atoms with Crippen LogP contribution in [0, 0.1) is 11.7 Å². The number of nitrogens with one attached hydrogen (secondary N) is 1. The monoisotopic (exact) mass is 252 g/mol. The Hall–Kier alpha value is -1.62. The zero-order chi connectivity index (χ0) is 13.3. The summed E-state index contributed by atoms with van der Waals surface area (Å²) < 4.78 is 19.3. The molecule has 3 N–H and O–H groups in total. The second kappa shape index (κ2) is 4.57. The lowest BCUT2D eigenvalue weighted by atomic mass is 9.73. The van der Waals surface area contributed by atoms with Gasteiger partial charge < -0.3 is 15.8 Å². The molecule has 1 fully saturated rings. The number of benzene rings is 1. The summed E-state index contributed by atoms with van der Waals surface area (Å²) in [7, 11) is 1.49. The van der Waals surface area contributed by atoms with Crippen molar-refractivity contribution in [2.45, 2.75) is 12.3 Å². The fraction of sp³-hybridized carbons (Fsp3) is 0.462. The van der Waals surface area contributed by atoms with E-state index in [4.69, 9.17) is 10.5 Å². The van der Waals surface area contributed by atoms with Crippen LogP contribution in [0.25, 0.3) is 0 Å². The highest BCUT2D eigenvalue weighted by Gasteiger charge is 2.46. The van der Waals surface area contributed by atoms with Gasteiger partial charge in [-0.3, -0.25) is 4.79 Å². The average molecular weight is 252 g/mol. The van der Waals surface area contributed by atoms with Crippen molar-refractivity contribution in [3.63, 3.8) is 0 Å². The van der Waals surface area contributed by atoms with Gasteiger partial charge in [0.15, 0.2) is 0 Å². The number of hydrogen-bond donors (Lipinski definition) is 2. The second-order valence-corrected chi connectivity index (χ2v) is 4.82. The maximum absolute atomic E-state index is 14.1. The van der Waals surface area contributed by atoms with Gasteiger partial charge in [-0.2, -0.15) is 0 Å². The van der Waals surface area contributed by atoms with Gasteiger partial charge in [0.05, 0.1) is 13.0 Å². The lowest BCUT2D eigenvalue weighted by Gasteiger charge is -2.30. The van der Waals surface area contributed by atoms with Crippen molar-refractivity contribution in [2.75, 3.05) is 20.2 Å². The van der Waals surface area contributed by atoms with E-state index >= 15 is 0 Å². The summed E-state index contributed by atoms with van der Waals surface area (Å²) in [5.74, 6) is -0.782. The molecule has 4 nitrogen and oxygen atoms in total. The Labute approximate surface area is 105 Å². The molecule has 2 atom stereocenters. The van der Waals surface area contributed by atoms with Crippen LogP contribution in [0.3, 0.4) is 0 Å². The number of primary amides is 1. The van der Waals surface area contributed by atoms with Gasteiger partial charge in [-0.15, -0.1) is 0 Å². The minimum absolute atomic E-state index is 0.369. The highest BCUT2D eigenvalue weighted by atomic mass is 19.1. The maximum atomic E-state index is 14.1. The highest BCUT2D eigenvalue weighted by Crippen LogP contribution is 2.41. The fourth-order valence-corrected chi connectivity index (χ4v) is 2.73. The van der Waals surface area contributed by atoms with Crippen molar-refractivity contribution in [3.8, 4) is 5.75 Å². The first kappa shape index (κ1) is 12.8. The molecule has 2 rings (SSSR count). The lowest BCUT2D eigenvalue weighted by molar-refractivity contribution is -0.122. The molecule has 0 radical (unpaired) electrons. The zero-order valence-electron chi connectivity index (χ0n) is 10.5. The number of ether oxygens (including phenoxy) is 1. The Morgan fingerprint density at radius 3 is 2.94 bits per heavy atom. The summed E-state index contributed by atoms with van der Waals surface area (Å²) in [6.45, 7) is 2.80. The van der Waals surface area contributed by atoms with Crippen LogP contribution in [-0.2, 0) is 10.2 Å². The average Bonchev–Trinajstić information content (AvgIpc) is 2.71. The fourth-order valence-electron chi connectivity index (χ4n) is 2.73. The molecule has 1 heterocycles. The largest absolute Gasteiger partial charge is 0.496 e. The first-order valence-corrected chi connectivity index (χ1v) is 5.83. The molecule has 0 spiro atoms. The van der Waals surface area contributed by atoms with Gasteiger partial charge in [0.2, 0.25) is 5.91 Å². The van der Waals surface area contributed by atoms with Gasteiger partial charge in [-0.1, -0.05) is 13.0 Å². The third kappa shape index (κ3) is 1.84. The molecule has 5 heteroatoms. The molecule has 1 aliphatic rings. The topological polar surface area (TPSA) is 64.3 Å². The van der Waals surface area contributed by atoms with Crippen LogP contribution in [0.5, 0.6) is 5.75 Å². The number of rotatable bonds is 3. The van der Waals surface area contributed by atoms with Crippen molar-refractivity contribution >= 4 is 5.91 Å². The van der Waals surface area contributed by atoms with Crippen LogP contribution in [-0.4, -0.2) is 26.1 Å². The van der Waals surface area contributed by atoms with Gasteiger partial charge in [-0.05, 0) is 12.1 Å². The number of carbonyl (C=O) groups excluding carboxylic acids is 1. The molecule has 1 aromatic rings. The number of methoxy groups -OCH3 is 1. The summed E-state index contributed by atoms with van der Waals surface area (Å²) in [4.78, 5) is 11.5. The number of carbonyl (C=O) groups is 1. The van der Waals surface area contributed by atoms with E-state index in [9.17, 15) is 9.18 Å². The number of hydrogen-bond acceptors (Lipinski definition) is 3. The lowest BCUT2D eigenvalue weighted by Crippen LogP contribution is -2.40. The van der Waals surface area contributed by atoms with Crippen molar-refractivity contribution in [1.29, 1.82) is 0 Å². The smallest absolute Gasteiger partial charge is 0.222 e. The van der Waals surface area contributed by atoms with E-state index < -0.39 is 17.2 Å². The Balaban J connectivity index is 2.56. The quantitative estimate of drug-likeness (QED) is 0.836. The van der Waals surface area contributed by atoms with E-state index in [1.54, 1.807) is 12.1 Å². The highest BCUT2D eigenvalue weighted by molar-refractivity contribution is 5.79. The van der Waals surface area contributed by atoms with Crippen LogP contribution in [0.2, 0.25) is 0 Å². The van der Waals surface area contributed by atoms with Gasteiger partial charge >= 0.3 is 0 Å². The van der Waals surface area contributed by atoms with Crippen LogP contribution in [0.1, 0.15) is 12.5 Å². The van der Waals surface area contributed by atoms with Crippen LogP contribution in [0.4, 0.5) is 4.39 Å². The Morgan fingerprint density at radius 2 is 2.33 bits per heavy atom. The summed E-state index contributed by atoms with van der Waals surface area (Å²) in [6, 6.07) is 4.65. The summed E-state index contributed by atoms with van der Waals surface area (Å²) in [5, 5.41) is 3.10. The minimum Gasteiger partial charge on any atom is -0.496 e. The Morgan fingerprint density at radius 1 is 1.61 bits per heavy atom. The Kier molecular flexibility index (Phi) is 3.26. The molecule has 0 saturated carbocycles. The Bertz CT molecular complexity index is 478. The first-order valence-electron chi connectivity index (χ1n) is 5.83. The normalized spacial score (nSPS) is 27.2. The molecule has 1 amide bonds. The number of amides is 1. The van der Waals surface area contributed by atoms with E-state index in [-0.39, 0.29) is 5.82 Å².